The van der Waals surface area contributed by atoms with Gasteiger partial charge in [0.25, 0.3) is 0 Å². The molecule has 0 aromatic heterocycles. The van der Waals surface area contributed by atoms with Crippen molar-refractivity contribution in [1.82, 2.24) is 10.2 Å². The number of benzene rings is 2. The van der Waals surface area contributed by atoms with Crippen molar-refractivity contribution in [2.75, 3.05) is 13.1 Å². The van der Waals surface area contributed by atoms with Crippen LogP contribution in [0.5, 0.6) is 0 Å². The molecule has 2 unspecified atom stereocenters. The molecule has 1 aliphatic heterocycles. The van der Waals surface area contributed by atoms with Crippen molar-refractivity contribution >= 4 is 5.96 Å². The number of halogens is 1. The van der Waals surface area contributed by atoms with Gasteiger partial charge in [-0.25, -0.2) is 9.38 Å². The van der Waals surface area contributed by atoms with E-state index in [9.17, 15) is 4.39 Å². The first-order valence-electron chi connectivity index (χ1n) is 9.79. The third-order valence-corrected chi connectivity index (χ3v) is 5.53. The Hall–Kier alpha value is -2.40. The maximum Gasteiger partial charge on any atom is 0.189 e. The molecule has 2 atom stereocenters. The van der Waals surface area contributed by atoms with E-state index in [2.05, 4.69) is 45.5 Å². The fourth-order valence-corrected chi connectivity index (χ4v) is 3.92. The van der Waals surface area contributed by atoms with Gasteiger partial charge in [0, 0.05) is 31.6 Å². The summed E-state index contributed by atoms with van der Waals surface area (Å²) >= 11 is 0. The van der Waals surface area contributed by atoms with Crippen LogP contribution in [0.4, 0.5) is 4.39 Å². The number of guanidine groups is 1. The van der Waals surface area contributed by atoms with Crippen LogP contribution in [0.25, 0.3) is 0 Å². The Labute approximate surface area is 160 Å². The number of nitrogens with zero attached hydrogens (tertiary/aromatic N) is 2. The molecule has 0 bridgehead atoms. The average Bonchev–Trinajstić information content (AvgIpc) is 3.43. The van der Waals surface area contributed by atoms with Gasteiger partial charge in [0.05, 0.1) is 6.04 Å². The smallest absolute Gasteiger partial charge is 0.189 e. The van der Waals surface area contributed by atoms with Gasteiger partial charge in [0.15, 0.2) is 5.96 Å². The van der Waals surface area contributed by atoms with E-state index in [1.165, 1.54) is 11.6 Å². The number of aliphatic imine (C=N–C) groups is 1. The first kappa shape index (κ1) is 18.0. The van der Waals surface area contributed by atoms with Gasteiger partial charge < -0.3 is 11.1 Å². The van der Waals surface area contributed by atoms with Crippen LogP contribution in [0.1, 0.15) is 36.3 Å². The van der Waals surface area contributed by atoms with Crippen molar-refractivity contribution in [3.8, 4) is 0 Å². The van der Waals surface area contributed by atoms with Crippen molar-refractivity contribution in [3.63, 3.8) is 0 Å². The predicted octanol–water partition coefficient (Wildman–Crippen LogP) is 3.25. The van der Waals surface area contributed by atoms with Crippen LogP contribution in [0.15, 0.2) is 59.6 Å². The number of nitrogens with two attached hydrogens (primary N) is 1. The Balaban J connectivity index is 1.23. The highest BCUT2D eigenvalue weighted by molar-refractivity contribution is 5.78. The predicted molar refractivity (Wildman–Crippen MR) is 107 cm³/mol. The van der Waals surface area contributed by atoms with Gasteiger partial charge in [-0.1, -0.05) is 42.5 Å². The number of piperidine rings is 1. The van der Waals surface area contributed by atoms with Gasteiger partial charge >= 0.3 is 0 Å². The first-order valence-corrected chi connectivity index (χ1v) is 9.79. The monoisotopic (exact) mass is 366 g/mol. The van der Waals surface area contributed by atoms with Crippen LogP contribution in [0, 0.1) is 5.82 Å². The van der Waals surface area contributed by atoms with Crippen molar-refractivity contribution in [1.29, 1.82) is 0 Å². The van der Waals surface area contributed by atoms with Crippen LogP contribution in [-0.4, -0.2) is 36.0 Å². The van der Waals surface area contributed by atoms with E-state index in [0.29, 0.717) is 17.9 Å². The van der Waals surface area contributed by atoms with Gasteiger partial charge in [-0.2, -0.15) is 0 Å². The highest BCUT2D eigenvalue weighted by atomic mass is 19.1. The van der Waals surface area contributed by atoms with Gasteiger partial charge in [-0.15, -0.1) is 0 Å². The molecule has 0 spiro atoms. The minimum Gasteiger partial charge on any atom is -0.370 e. The lowest BCUT2D eigenvalue weighted by atomic mass is 10.0. The Bertz CT molecular complexity index is 784. The van der Waals surface area contributed by atoms with Crippen LogP contribution in [0.3, 0.4) is 0 Å². The lowest BCUT2D eigenvalue weighted by Crippen LogP contribution is -2.47. The molecule has 1 heterocycles. The number of hydrogen-bond donors (Lipinski definition) is 2. The molecule has 0 amide bonds. The van der Waals surface area contributed by atoms with E-state index in [4.69, 9.17) is 5.73 Å². The van der Waals surface area contributed by atoms with Crippen molar-refractivity contribution < 1.29 is 4.39 Å². The summed E-state index contributed by atoms with van der Waals surface area (Å²) in [7, 11) is 0. The summed E-state index contributed by atoms with van der Waals surface area (Å²) in [5.41, 5.74) is 8.51. The Morgan fingerprint density at radius 2 is 1.89 bits per heavy atom. The molecule has 1 saturated heterocycles. The Kier molecular flexibility index (Phi) is 5.39. The summed E-state index contributed by atoms with van der Waals surface area (Å²) in [5.74, 6) is 0.643. The van der Waals surface area contributed by atoms with E-state index in [-0.39, 0.29) is 11.9 Å². The highest BCUT2D eigenvalue weighted by Crippen LogP contribution is 2.43. The molecule has 3 N–H and O–H groups in total. The summed E-state index contributed by atoms with van der Waals surface area (Å²) in [6, 6.07) is 18.0. The number of hydrogen-bond acceptors (Lipinski definition) is 2. The maximum atomic E-state index is 13.3. The molecular formula is C22H27FN4. The summed E-state index contributed by atoms with van der Waals surface area (Å²) in [4.78, 5) is 7.09. The number of likely N-dealkylation sites (tertiary alicyclic amines) is 1. The van der Waals surface area contributed by atoms with E-state index in [1.807, 2.05) is 6.07 Å². The Morgan fingerprint density at radius 3 is 2.63 bits per heavy atom. The summed E-state index contributed by atoms with van der Waals surface area (Å²) in [6.07, 6.45) is 3.09. The topological polar surface area (TPSA) is 53.6 Å². The van der Waals surface area contributed by atoms with Gasteiger partial charge in [0.1, 0.15) is 5.82 Å². The van der Waals surface area contributed by atoms with E-state index in [0.717, 1.165) is 44.5 Å². The molecule has 2 fully saturated rings. The summed E-state index contributed by atoms with van der Waals surface area (Å²) in [5, 5.41) is 3.38. The zero-order valence-electron chi connectivity index (χ0n) is 15.5. The normalized spacial score (nSPS) is 24.0. The number of nitrogens with one attached hydrogen (secondary N) is 1. The third-order valence-electron chi connectivity index (χ3n) is 5.53. The lowest BCUT2D eigenvalue weighted by Gasteiger charge is -2.32. The molecule has 2 aromatic carbocycles. The van der Waals surface area contributed by atoms with E-state index in [1.54, 1.807) is 12.1 Å². The summed E-state index contributed by atoms with van der Waals surface area (Å²) < 4.78 is 13.3. The van der Waals surface area contributed by atoms with E-state index >= 15 is 0 Å². The van der Waals surface area contributed by atoms with Crippen molar-refractivity contribution in [2.24, 2.45) is 10.7 Å². The van der Waals surface area contributed by atoms with Crippen LogP contribution < -0.4 is 11.1 Å². The lowest BCUT2D eigenvalue weighted by molar-refractivity contribution is 0.199. The molecular weight excluding hydrogens is 339 g/mol. The fourth-order valence-electron chi connectivity index (χ4n) is 3.92. The van der Waals surface area contributed by atoms with Gasteiger partial charge in [-0.3, -0.25) is 4.90 Å². The highest BCUT2D eigenvalue weighted by Gasteiger charge is 2.38. The molecule has 2 aliphatic rings. The fraction of sp³-hybridized carbons (Fsp3) is 0.409. The van der Waals surface area contributed by atoms with Crippen LogP contribution in [-0.2, 0) is 6.54 Å². The van der Waals surface area contributed by atoms with E-state index < -0.39 is 0 Å². The van der Waals surface area contributed by atoms with Gasteiger partial charge in [0.2, 0.25) is 0 Å². The maximum absolute atomic E-state index is 13.3. The summed E-state index contributed by atoms with van der Waals surface area (Å²) in [6.45, 7) is 3.14. The standard InChI is InChI=1S/C22H27FN4/c23-18-8-4-7-17(13-18)20-14-21(20)26-22(24)25-19-9-11-27(12-10-19)15-16-5-2-1-3-6-16/h1-8,13,19-21H,9-12,14-15H2,(H3,24,25,26). The van der Waals surface area contributed by atoms with Crippen LogP contribution in [0.2, 0.25) is 0 Å². The molecule has 27 heavy (non-hydrogen) atoms. The van der Waals surface area contributed by atoms with Gasteiger partial charge in [-0.05, 0) is 42.5 Å². The second kappa shape index (κ2) is 8.09. The molecule has 1 aliphatic carbocycles. The zero-order valence-corrected chi connectivity index (χ0v) is 15.5. The second-order valence-corrected chi connectivity index (χ2v) is 7.66. The average molecular weight is 366 g/mol. The molecule has 142 valence electrons. The Morgan fingerprint density at radius 1 is 1.11 bits per heavy atom. The molecule has 4 nitrogen and oxygen atoms in total. The SMILES string of the molecule is NC(=NC1CC1c1cccc(F)c1)NC1CCN(Cc2ccccc2)CC1. The largest absolute Gasteiger partial charge is 0.370 e. The first-order chi connectivity index (χ1) is 13.2. The molecule has 2 aromatic rings. The zero-order chi connectivity index (χ0) is 18.6. The minimum atomic E-state index is -0.185. The quantitative estimate of drug-likeness (QED) is 0.631. The van der Waals surface area contributed by atoms with Crippen molar-refractivity contribution in [2.45, 2.75) is 43.8 Å². The van der Waals surface area contributed by atoms with Crippen molar-refractivity contribution in [3.05, 3.63) is 71.5 Å². The third kappa shape index (κ3) is 4.86. The molecule has 4 rings (SSSR count). The van der Waals surface area contributed by atoms with Crippen LogP contribution >= 0.6 is 0 Å². The molecule has 5 heteroatoms. The number of rotatable bonds is 5. The molecule has 0 radical (unpaired) electrons. The second-order valence-electron chi connectivity index (χ2n) is 7.66. The molecule has 1 saturated carbocycles. The minimum absolute atomic E-state index is 0.178.